The van der Waals surface area contributed by atoms with Crippen LogP contribution in [0.2, 0.25) is 0 Å². The van der Waals surface area contributed by atoms with Crippen molar-refractivity contribution >= 4 is 17.5 Å². The molecule has 0 fully saturated rings. The number of halogens is 1. The molecule has 6 heteroatoms. The number of aliphatic hydroxyl groups is 1. The van der Waals surface area contributed by atoms with Gasteiger partial charge in [-0.3, -0.25) is 9.59 Å². The average molecular weight is 344 g/mol. The fourth-order valence-corrected chi connectivity index (χ4v) is 2.16. The number of aliphatic hydroxyl groups excluding tert-OH is 1. The molecule has 0 aliphatic carbocycles. The summed E-state index contributed by atoms with van der Waals surface area (Å²) in [6.45, 7) is 3.32. The first-order valence-corrected chi connectivity index (χ1v) is 7.87. The topological polar surface area (TPSA) is 78.4 Å². The Kier molecular flexibility index (Phi) is 5.88. The van der Waals surface area contributed by atoms with Gasteiger partial charge in [0.25, 0.3) is 5.91 Å². The van der Waals surface area contributed by atoms with E-state index in [0.29, 0.717) is 11.3 Å². The predicted molar refractivity (Wildman–Crippen MR) is 93.8 cm³/mol. The molecule has 0 unspecified atom stereocenters. The van der Waals surface area contributed by atoms with Crippen molar-refractivity contribution in [2.24, 2.45) is 0 Å². The van der Waals surface area contributed by atoms with Gasteiger partial charge in [0.05, 0.1) is 18.6 Å². The van der Waals surface area contributed by atoms with Gasteiger partial charge in [0, 0.05) is 11.3 Å². The van der Waals surface area contributed by atoms with Crippen molar-refractivity contribution in [3.05, 3.63) is 65.5 Å². The van der Waals surface area contributed by atoms with Gasteiger partial charge in [-0.25, -0.2) is 4.39 Å². The summed E-state index contributed by atoms with van der Waals surface area (Å²) in [7, 11) is 0. The van der Waals surface area contributed by atoms with Gasteiger partial charge < -0.3 is 15.7 Å². The summed E-state index contributed by atoms with van der Waals surface area (Å²) in [5.41, 5.74) is 1.05. The predicted octanol–water partition coefficient (Wildman–Crippen LogP) is 2.51. The summed E-state index contributed by atoms with van der Waals surface area (Å²) < 4.78 is 12.9. The monoisotopic (exact) mass is 344 g/mol. The molecule has 0 radical (unpaired) electrons. The van der Waals surface area contributed by atoms with Crippen LogP contribution in [-0.2, 0) is 11.2 Å². The van der Waals surface area contributed by atoms with Crippen molar-refractivity contribution in [3.63, 3.8) is 0 Å². The summed E-state index contributed by atoms with van der Waals surface area (Å²) in [6.07, 6.45) is 0.176. The Hall–Kier alpha value is -2.73. The van der Waals surface area contributed by atoms with Crippen LogP contribution in [0.1, 0.15) is 29.8 Å². The third kappa shape index (κ3) is 5.69. The number of benzene rings is 2. The molecule has 2 amide bonds. The lowest BCUT2D eigenvalue weighted by atomic mass is 10.1. The fourth-order valence-electron chi connectivity index (χ4n) is 2.16. The number of carbonyl (C=O) groups excluding carboxylic acids is 2. The van der Waals surface area contributed by atoms with E-state index in [4.69, 9.17) is 5.11 Å². The van der Waals surface area contributed by atoms with E-state index >= 15 is 0 Å². The van der Waals surface area contributed by atoms with Crippen LogP contribution >= 0.6 is 0 Å². The lowest BCUT2D eigenvalue weighted by Crippen LogP contribution is -2.46. The molecule has 0 saturated carbocycles. The fraction of sp³-hybridized carbons (Fsp3) is 0.263. The van der Waals surface area contributed by atoms with Gasteiger partial charge in [-0.1, -0.05) is 12.1 Å². The van der Waals surface area contributed by atoms with Crippen LogP contribution in [0, 0.1) is 5.82 Å². The minimum absolute atomic E-state index is 0.146. The third-order valence-corrected chi connectivity index (χ3v) is 3.56. The SMILES string of the molecule is CC(C)(CO)NC(=O)Cc1ccc(NC(=O)c2ccc(F)cc2)cc1. The van der Waals surface area contributed by atoms with Gasteiger partial charge in [-0.2, -0.15) is 0 Å². The van der Waals surface area contributed by atoms with Crippen molar-refractivity contribution in [3.8, 4) is 0 Å². The van der Waals surface area contributed by atoms with E-state index in [9.17, 15) is 14.0 Å². The highest BCUT2D eigenvalue weighted by molar-refractivity contribution is 6.04. The highest BCUT2D eigenvalue weighted by Crippen LogP contribution is 2.13. The van der Waals surface area contributed by atoms with Crippen LogP contribution < -0.4 is 10.6 Å². The quantitative estimate of drug-likeness (QED) is 0.753. The van der Waals surface area contributed by atoms with Crippen LogP contribution in [0.5, 0.6) is 0 Å². The Balaban J connectivity index is 1.94. The molecule has 0 aliphatic rings. The van der Waals surface area contributed by atoms with Crippen molar-refractivity contribution in [2.75, 3.05) is 11.9 Å². The van der Waals surface area contributed by atoms with Crippen LogP contribution in [0.3, 0.4) is 0 Å². The summed E-state index contributed by atoms with van der Waals surface area (Å²) in [5, 5.41) is 14.6. The van der Waals surface area contributed by atoms with Gasteiger partial charge >= 0.3 is 0 Å². The van der Waals surface area contributed by atoms with Gasteiger partial charge in [-0.05, 0) is 55.8 Å². The van der Waals surface area contributed by atoms with Crippen LogP contribution in [0.25, 0.3) is 0 Å². The first-order chi connectivity index (χ1) is 11.8. The molecule has 0 spiro atoms. The number of amides is 2. The third-order valence-electron chi connectivity index (χ3n) is 3.56. The number of hydrogen-bond acceptors (Lipinski definition) is 3. The molecule has 0 aliphatic heterocycles. The maximum Gasteiger partial charge on any atom is 0.255 e. The second-order valence-corrected chi connectivity index (χ2v) is 6.42. The van der Waals surface area contributed by atoms with Crippen LogP contribution in [-0.4, -0.2) is 29.1 Å². The zero-order valence-electron chi connectivity index (χ0n) is 14.2. The van der Waals surface area contributed by atoms with E-state index in [1.54, 1.807) is 38.1 Å². The second-order valence-electron chi connectivity index (χ2n) is 6.42. The first-order valence-electron chi connectivity index (χ1n) is 7.87. The molecule has 25 heavy (non-hydrogen) atoms. The van der Waals surface area contributed by atoms with Gasteiger partial charge in [0.1, 0.15) is 5.82 Å². The molecule has 0 bridgehead atoms. The molecule has 2 rings (SSSR count). The highest BCUT2D eigenvalue weighted by Gasteiger charge is 2.19. The van der Waals surface area contributed by atoms with E-state index in [-0.39, 0.29) is 24.8 Å². The standard InChI is InChI=1S/C19H21FN2O3/c1-19(2,12-23)22-17(24)11-13-3-9-16(10-4-13)21-18(25)14-5-7-15(20)8-6-14/h3-10,23H,11-12H2,1-2H3,(H,21,25)(H,22,24). The Morgan fingerprint density at radius 2 is 1.64 bits per heavy atom. The van der Waals surface area contributed by atoms with E-state index < -0.39 is 11.4 Å². The molecule has 0 heterocycles. The molecule has 3 N–H and O–H groups in total. The summed E-state index contributed by atoms with van der Waals surface area (Å²) in [6, 6.07) is 12.1. The first kappa shape index (κ1) is 18.6. The Labute approximate surface area is 145 Å². The van der Waals surface area contributed by atoms with Crippen molar-refractivity contribution in [2.45, 2.75) is 25.8 Å². The minimum atomic E-state index is -0.667. The molecule has 132 valence electrons. The van der Waals surface area contributed by atoms with E-state index in [1.165, 1.54) is 24.3 Å². The van der Waals surface area contributed by atoms with Gasteiger partial charge in [0.15, 0.2) is 0 Å². The number of hydrogen-bond donors (Lipinski definition) is 3. The van der Waals surface area contributed by atoms with Crippen LogP contribution in [0.4, 0.5) is 10.1 Å². The molecule has 0 atom stereocenters. The van der Waals surface area contributed by atoms with Crippen molar-refractivity contribution in [1.82, 2.24) is 5.32 Å². The lowest BCUT2D eigenvalue weighted by Gasteiger charge is -2.23. The van der Waals surface area contributed by atoms with Gasteiger partial charge in [0.2, 0.25) is 5.91 Å². The Morgan fingerprint density at radius 1 is 1.04 bits per heavy atom. The maximum absolute atomic E-state index is 12.9. The largest absolute Gasteiger partial charge is 0.394 e. The molecule has 2 aromatic rings. The minimum Gasteiger partial charge on any atom is -0.394 e. The molecule has 0 saturated heterocycles. The Bertz CT molecular complexity index is 740. The summed E-state index contributed by atoms with van der Waals surface area (Å²) in [5.74, 6) is -0.930. The van der Waals surface area contributed by atoms with E-state index in [1.807, 2.05) is 0 Å². The summed E-state index contributed by atoms with van der Waals surface area (Å²) in [4.78, 5) is 24.0. The zero-order valence-corrected chi connectivity index (χ0v) is 14.2. The number of nitrogens with one attached hydrogen (secondary N) is 2. The molecular weight excluding hydrogens is 323 g/mol. The van der Waals surface area contributed by atoms with Crippen molar-refractivity contribution < 1.29 is 19.1 Å². The molecule has 2 aromatic carbocycles. The normalized spacial score (nSPS) is 11.0. The summed E-state index contributed by atoms with van der Waals surface area (Å²) >= 11 is 0. The molecule has 0 aromatic heterocycles. The molecule has 5 nitrogen and oxygen atoms in total. The highest BCUT2D eigenvalue weighted by atomic mass is 19.1. The Morgan fingerprint density at radius 3 is 2.20 bits per heavy atom. The zero-order chi connectivity index (χ0) is 18.4. The van der Waals surface area contributed by atoms with E-state index in [2.05, 4.69) is 10.6 Å². The maximum atomic E-state index is 12.9. The van der Waals surface area contributed by atoms with Crippen molar-refractivity contribution in [1.29, 1.82) is 0 Å². The number of anilines is 1. The smallest absolute Gasteiger partial charge is 0.255 e. The average Bonchev–Trinajstić information content (AvgIpc) is 2.56. The molecular formula is C19H21FN2O3. The second kappa shape index (κ2) is 7.90. The lowest BCUT2D eigenvalue weighted by molar-refractivity contribution is -0.122. The van der Waals surface area contributed by atoms with Crippen LogP contribution in [0.15, 0.2) is 48.5 Å². The van der Waals surface area contributed by atoms with E-state index in [0.717, 1.165) is 5.56 Å². The van der Waals surface area contributed by atoms with Gasteiger partial charge in [-0.15, -0.1) is 0 Å². The number of carbonyl (C=O) groups is 2. The number of rotatable bonds is 6.